The Morgan fingerprint density at radius 2 is 1.62 bits per heavy atom. The lowest BCUT2D eigenvalue weighted by Gasteiger charge is -2.32. The Labute approximate surface area is 189 Å². The summed E-state index contributed by atoms with van der Waals surface area (Å²) in [6.07, 6.45) is 0. The van der Waals surface area contributed by atoms with E-state index in [2.05, 4.69) is 71.6 Å². The summed E-state index contributed by atoms with van der Waals surface area (Å²) in [5.41, 5.74) is 6.45. The molecule has 32 heavy (non-hydrogen) atoms. The molecule has 5 rings (SSSR count). The van der Waals surface area contributed by atoms with Gasteiger partial charge in [-0.3, -0.25) is 4.90 Å². The smallest absolute Gasteiger partial charge is 0.165 e. The van der Waals surface area contributed by atoms with Crippen LogP contribution in [0.3, 0.4) is 0 Å². The van der Waals surface area contributed by atoms with Crippen molar-refractivity contribution in [2.24, 2.45) is 0 Å². The van der Waals surface area contributed by atoms with Crippen molar-refractivity contribution in [2.45, 2.75) is 20.4 Å². The highest BCUT2D eigenvalue weighted by atomic mass is 15.3. The van der Waals surface area contributed by atoms with Crippen molar-refractivity contribution in [1.29, 1.82) is 0 Å². The molecular weight excluding hydrogens is 396 g/mol. The Morgan fingerprint density at radius 3 is 2.34 bits per heavy atom. The summed E-state index contributed by atoms with van der Waals surface area (Å²) in [6, 6.07) is 21.0. The van der Waals surface area contributed by atoms with Crippen LogP contribution in [0.15, 0.2) is 60.7 Å². The number of hydrogen-bond donors (Lipinski definition) is 1. The molecule has 0 atom stereocenters. The molecular formula is C26H30N6. The van der Waals surface area contributed by atoms with E-state index in [1.807, 2.05) is 29.8 Å². The average Bonchev–Trinajstić information content (AvgIpc) is 3.14. The Morgan fingerprint density at radius 1 is 0.906 bits per heavy atom. The van der Waals surface area contributed by atoms with Crippen molar-refractivity contribution >= 4 is 22.5 Å². The maximum atomic E-state index is 4.93. The molecule has 1 N–H and O–H groups in total. The number of pyridine rings is 1. The monoisotopic (exact) mass is 426 g/mol. The largest absolute Gasteiger partial charge is 0.340 e. The molecule has 0 radical (unpaired) electrons. The maximum Gasteiger partial charge on any atom is 0.165 e. The number of rotatable bonds is 5. The summed E-state index contributed by atoms with van der Waals surface area (Å²) in [7, 11) is 2.19. The second kappa shape index (κ2) is 8.73. The van der Waals surface area contributed by atoms with Crippen LogP contribution in [0, 0.1) is 13.8 Å². The summed E-state index contributed by atoms with van der Waals surface area (Å²) in [4.78, 5) is 9.84. The first kappa shape index (κ1) is 20.7. The lowest BCUT2D eigenvalue weighted by molar-refractivity contribution is 0.148. The first-order valence-corrected chi connectivity index (χ1v) is 11.3. The number of hydrogen-bond acceptors (Lipinski definition) is 5. The van der Waals surface area contributed by atoms with Crippen LogP contribution in [-0.2, 0) is 6.54 Å². The molecule has 1 fully saturated rings. The summed E-state index contributed by atoms with van der Waals surface area (Å²) >= 11 is 0. The van der Waals surface area contributed by atoms with Gasteiger partial charge in [0, 0.05) is 43.8 Å². The number of benzene rings is 2. The van der Waals surface area contributed by atoms with Gasteiger partial charge in [-0.2, -0.15) is 5.10 Å². The van der Waals surface area contributed by atoms with Crippen molar-refractivity contribution in [3.8, 4) is 5.69 Å². The molecule has 6 nitrogen and oxygen atoms in total. The molecule has 1 saturated heterocycles. The molecule has 2 aromatic heterocycles. The first-order valence-electron chi connectivity index (χ1n) is 11.3. The van der Waals surface area contributed by atoms with Crippen molar-refractivity contribution < 1.29 is 0 Å². The predicted molar refractivity (Wildman–Crippen MR) is 131 cm³/mol. The van der Waals surface area contributed by atoms with Crippen LogP contribution in [0.25, 0.3) is 16.7 Å². The zero-order chi connectivity index (χ0) is 22.1. The highest BCUT2D eigenvalue weighted by molar-refractivity contribution is 5.85. The number of nitrogens with zero attached hydrogens (tertiary/aromatic N) is 5. The van der Waals surface area contributed by atoms with Crippen LogP contribution >= 0.6 is 0 Å². The molecule has 1 aliphatic rings. The minimum atomic E-state index is 0.832. The molecule has 0 aliphatic carbocycles. The van der Waals surface area contributed by atoms with Gasteiger partial charge in [-0.15, -0.1) is 0 Å². The normalized spacial score (nSPS) is 15.3. The van der Waals surface area contributed by atoms with Crippen molar-refractivity contribution in [1.82, 2.24) is 24.6 Å². The third kappa shape index (κ3) is 4.24. The lowest BCUT2D eigenvalue weighted by Crippen LogP contribution is -2.43. The maximum absolute atomic E-state index is 4.93. The number of anilines is 2. The molecule has 1 aliphatic heterocycles. The number of aromatic nitrogens is 3. The van der Waals surface area contributed by atoms with Crippen molar-refractivity contribution in [2.75, 3.05) is 38.5 Å². The van der Waals surface area contributed by atoms with Crippen LogP contribution in [0.1, 0.15) is 16.8 Å². The molecule has 6 heteroatoms. The Kier molecular flexibility index (Phi) is 5.64. The van der Waals surface area contributed by atoms with Crippen LogP contribution in [-0.4, -0.2) is 57.8 Å². The zero-order valence-corrected chi connectivity index (χ0v) is 19.0. The van der Waals surface area contributed by atoms with Gasteiger partial charge >= 0.3 is 0 Å². The van der Waals surface area contributed by atoms with E-state index in [9.17, 15) is 0 Å². The SMILES string of the molecule is Cc1cc(Nc2ccc(CN3CCN(C)CC3)cc2)nc2c1c(C)nn2-c1ccccc1. The molecule has 0 saturated carbocycles. The topological polar surface area (TPSA) is 49.2 Å². The number of piperazine rings is 1. The highest BCUT2D eigenvalue weighted by Crippen LogP contribution is 2.27. The van der Waals surface area contributed by atoms with Gasteiger partial charge in [0.15, 0.2) is 5.65 Å². The van der Waals surface area contributed by atoms with E-state index in [1.165, 1.54) is 11.1 Å². The number of para-hydroxylation sites is 1. The summed E-state index contributed by atoms with van der Waals surface area (Å²) in [6.45, 7) is 9.73. The van der Waals surface area contributed by atoms with Crippen LogP contribution < -0.4 is 5.32 Å². The summed E-state index contributed by atoms with van der Waals surface area (Å²) in [5.74, 6) is 0.832. The average molecular weight is 427 g/mol. The Balaban J connectivity index is 1.37. The van der Waals surface area contributed by atoms with Gasteiger partial charge in [-0.25, -0.2) is 9.67 Å². The van der Waals surface area contributed by atoms with Gasteiger partial charge in [-0.05, 0) is 62.4 Å². The van der Waals surface area contributed by atoms with Crippen LogP contribution in [0.5, 0.6) is 0 Å². The van der Waals surface area contributed by atoms with E-state index in [4.69, 9.17) is 10.1 Å². The van der Waals surface area contributed by atoms with Gasteiger partial charge < -0.3 is 10.2 Å². The molecule has 0 unspecified atom stereocenters. The molecule has 4 aromatic rings. The predicted octanol–water partition coefficient (Wildman–Crippen LogP) is 4.53. The fourth-order valence-electron chi connectivity index (χ4n) is 4.42. The molecule has 2 aromatic carbocycles. The molecule has 0 bridgehead atoms. The number of fused-ring (bicyclic) bond motifs is 1. The fraction of sp³-hybridized carbons (Fsp3) is 0.308. The van der Waals surface area contributed by atoms with Gasteiger partial charge in [-0.1, -0.05) is 30.3 Å². The second-order valence-corrected chi connectivity index (χ2v) is 8.76. The van der Waals surface area contributed by atoms with Crippen molar-refractivity contribution in [3.05, 3.63) is 77.5 Å². The standard InChI is InChI=1S/C26H30N6/c1-19-17-24(28-26-25(19)20(2)29-32(26)23-7-5-4-6-8-23)27-22-11-9-21(10-12-22)18-31-15-13-30(3)14-16-31/h4-12,17H,13-16,18H2,1-3H3,(H,27,28). The quantitative estimate of drug-likeness (QED) is 0.508. The molecule has 0 spiro atoms. The Bertz CT molecular complexity index is 1200. The third-order valence-electron chi connectivity index (χ3n) is 6.24. The van der Waals surface area contributed by atoms with E-state index in [1.54, 1.807) is 0 Å². The number of nitrogens with one attached hydrogen (secondary N) is 1. The Hall–Kier alpha value is -3.22. The highest BCUT2D eigenvalue weighted by Gasteiger charge is 2.15. The van der Waals surface area contributed by atoms with Crippen LogP contribution in [0.4, 0.5) is 11.5 Å². The van der Waals surface area contributed by atoms with E-state index in [-0.39, 0.29) is 0 Å². The molecule has 0 amide bonds. The number of aryl methyl sites for hydroxylation is 2. The van der Waals surface area contributed by atoms with E-state index in [0.29, 0.717) is 0 Å². The minimum Gasteiger partial charge on any atom is -0.340 e. The van der Waals surface area contributed by atoms with Crippen molar-refractivity contribution in [3.63, 3.8) is 0 Å². The summed E-state index contributed by atoms with van der Waals surface area (Å²) < 4.78 is 1.93. The zero-order valence-electron chi connectivity index (χ0n) is 19.0. The molecule has 164 valence electrons. The van der Waals surface area contributed by atoms with Gasteiger partial charge in [0.1, 0.15) is 5.82 Å². The third-order valence-corrected chi connectivity index (χ3v) is 6.24. The van der Waals surface area contributed by atoms with E-state index >= 15 is 0 Å². The van der Waals surface area contributed by atoms with Gasteiger partial charge in [0.2, 0.25) is 0 Å². The number of likely N-dealkylation sites (N-methyl/N-ethyl adjacent to an activating group) is 1. The van der Waals surface area contributed by atoms with E-state index in [0.717, 1.165) is 66.6 Å². The van der Waals surface area contributed by atoms with Gasteiger partial charge in [0.05, 0.1) is 11.4 Å². The fourth-order valence-corrected chi connectivity index (χ4v) is 4.42. The lowest BCUT2D eigenvalue weighted by atomic mass is 10.1. The summed E-state index contributed by atoms with van der Waals surface area (Å²) in [5, 5.41) is 9.36. The van der Waals surface area contributed by atoms with Gasteiger partial charge in [0.25, 0.3) is 0 Å². The first-order chi connectivity index (χ1) is 15.6. The molecule has 3 heterocycles. The minimum absolute atomic E-state index is 0.832. The van der Waals surface area contributed by atoms with E-state index < -0.39 is 0 Å². The second-order valence-electron chi connectivity index (χ2n) is 8.76. The van der Waals surface area contributed by atoms with Crippen LogP contribution in [0.2, 0.25) is 0 Å².